The van der Waals surface area contributed by atoms with Crippen molar-refractivity contribution in [3.8, 4) is 5.75 Å². The van der Waals surface area contributed by atoms with Gasteiger partial charge in [-0.3, -0.25) is 4.79 Å². The minimum atomic E-state index is -0.282. The number of amides is 1. The topological polar surface area (TPSA) is 64.4 Å². The zero-order valence-electron chi connectivity index (χ0n) is 10.3. The third-order valence-electron chi connectivity index (χ3n) is 2.59. The molecule has 0 saturated heterocycles. The van der Waals surface area contributed by atoms with Crippen LogP contribution in [0.2, 0.25) is 0 Å². The highest BCUT2D eigenvalue weighted by atomic mass is 16.5. The van der Waals surface area contributed by atoms with E-state index in [1.807, 2.05) is 24.3 Å². The lowest BCUT2D eigenvalue weighted by Crippen LogP contribution is -2.23. The first-order valence-electron chi connectivity index (χ1n) is 5.53. The van der Waals surface area contributed by atoms with Gasteiger partial charge in [-0.05, 0) is 13.0 Å². The van der Waals surface area contributed by atoms with E-state index in [9.17, 15) is 4.79 Å². The van der Waals surface area contributed by atoms with Crippen molar-refractivity contribution >= 4 is 5.91 Å². The maximum atomic E-state index is 11.8. The minimum Gasteiger partial charge on any atom is -0.496 e. The summed E-state index contributed by atoms with van der Waals surface area (Å²) >= 11 is 0. The molecule has 2 rings (SSSR count). The molecule has 94 valence electrons. The molecule has 1 amide bonds. The van der Waals surface area contributed by atoms with E-state index in [1.54, 1.807) is 14.0 Å². The van der Waals surface area contributed by atoms with Crippen LogP contribution in [0.25, 0.3) is 0 Å². The van der Waals surface area contributed by atoms with Crippen LogP contribution in [-0.4, -0.2) is 18.2 Å². The predicted octanol–water partition coefficient (Wildman–Crippen LogP) is 1.92. The van der Waals surface area contributed by atoms with E-state index in [4.69, 9.17) is 9.26 Å². The van der Waals surface area contributed by atoms with Crippen molar-refractivity contribution in [2.45, 2.75) is 13.5 Å². The van der Waals surface area contributed by atoms with E-state index < -0.39 is 0 Å². The maximum absolute atomic E-state index is 11.8. The van der Waals surface area contributed by atoms with Gasteiger partial charge in [-0.2, -0.15) is 0 Å². The van der Waals surface area contributed by atoms with Gasteiger partial charge in [0.2, 0.25) is 5.76 Å². The summed E-state index contributed by atoms with van der Waals surface area (Å²) < 4.78 is 10.1. The van der Waals surface area contributed by atoms with Crippen molar-refractivity contribution in [1.29, 1.82) is 0 Å². The summed E-state index contributed by atoms with van der Waals surface area (Å²) in [4.78, 5) is 11.8. The van der Waals surface area contributed by atoms with Gasteiger partial charge >= 0.3 is 0 Å². The van der Waals surface area contributed by atoms with E-state index in [0.717, 1.165) is 11.3 Å². The van der Waals surface area contributed by atoms with E-state index in [2.05, 4.69) is 10.5 Å². The van der Waals surface area contributed by atoms with E-state index >= 15 is 0 Å². The molecular formula is C13H14N2O3. The second-order valence-electron chi connectivity index (χ2n) is 3.83. The number of hydrogen-bond acceptors (Lipinski definition) is 4. The Bertz CT molecular complexity index is 549. The molecule has 0 spiro atoms. The number of carbonyl (C=O) groups excluding carboxylic acids is 1. The number of hydrogen-bond donors (Lipinski definition) is 1. The average Bonchev–Trinajstić information content (AvgIpc) is 2.82. The number of para-hydroxylation sites is 1. The number of methoxy groups -OCH3 is 1. The Hall–Kier alpha value is -2.30. The molecule has 0 aliphatic heterocycles. The quantitative estimate of drug-likeness (QED) is 0.895. The molecular weight excluding hydrogens is 232 g/mol. The molecule has 1 N–H and O–H groups in total. The summed E-state index contributed by atoms with van der Waals surface area (Å²) in [6.07, 6.45) is 1.51. The van der Waals surface area contributed by atoms with Gasteiger partial charge < -0.3 is 14.6 Å². The highest BCUT2D eigenvalue weighted by Crippen LogP contribution is 2.17. The number of carbonyl (C=O) groups is 1. The maximum Gasteiger partial charge on any atom is 0.290 e. The summed E-state index contributed by atoms with van der Waals surface area (Å²) in [6, 6.07) is 7.52. The molecule has 18 heavy (non-hydrogen) atoms. The van der Waals surface area contributed by atoms with Gasteiger partial charge in [0.05, 0.1) is 13.3 Å². The van der Waals surface area contributed by atoms with Crippen molar-refractivity contribution in [3.05, 3.63) is 47.3 Å². The van der Waals surface area contributed by atoms with Crippen molar-refractivity contribution in [2.24, 2.45) is 0 Å². The normalized spacial score (nSPS) is 10.1. The van der Waals surface area contributed by atoms with E-state index in [0.29, 0.717) is 12.1 Å². The Balaban J connectivity index is 2.04. The van der Waals surface area contributed by atoms with Gasteiger partial charge in [0.1, 0.15) is 5.75 Å². The summed E-state index contributed by atoms with van der Waals surface area (Å²) in [5.74, 6) is 0.702. The van der Waals surface area contributed by atoms with Gasteiger partial charge in [0.15, 0.2) is 0 Å². The monoisotopic (exact) mass is 246 g/mol. The first-order valence-corrected chi connectivity index (χ1v) is 5.53. The Morgan fingerprint density at radius 2 is 2.22 bits per heavy atom. The van der Waals surface area contributed by atoms with Crippen molar-refractivity contribution in [1.82, 2.24) is 10.5 Å². The molecule has 1 aromatic carbocycles. The summed E-state index contributed by atoms with van der Waals surface area (Å²) in [5.41, 5.74) is 1.62. The third kappa shape index (κ3) is 2.51. The van der Waals surface area contributed by atoms with E-state index in [-0.39, 0.29) is 11.7 Å². The number of aromatic nitrogens is 1. The van der Waals surface area contributed by atoms with Crippen LogP contribution >= 0.6 is 0 Å². The zero-order valence-corrected chi connectivity index (χ0v) is 10.3. The van der Waals surface area contributed by atoms with Crippen molar-refractivity contribution < 1.29 is 14.1 Å². The molecule has 0 aliphatic rings. The highest BCUT2D eigenvalue weighted by molar-refractivity contribution is 5.92. The number of aryl methyl sites for hydroxylation is 1. The average molecular weight is 246 g/mol. The lowest BCUT2D eigenvalue weighted by atomic mass is 10.2. The van der Waals surface area contributed by atoms with Gasteiger partial charge in [0, 0.05) is 17.7 Å². The predicted molar refractivity (Wildman–Crippen MR) is 65.4 cm³/mol. The molecule has 2 aromatic rings. The molecule has 5 nitrogen and oxygen atoms in total. The van der Waals surface area contributed by atoms with Crippen LogP contribution in [0.4, 0.5) is 0 Å². The zero-order chi connectivity index (χ0) is 13.0. The van der Waals surface area contributed by atoms with Gasteiger partial charge in [0.25, 0.3) is 5.91 Å². The highest BCUT2D eigenvalue weighted by Gasteiger charge is 2.14. The number of benzene rings is 1. The first kappa shape index (κ1) is 12.2. The number of ether oxygens (including phenoxy) is 1. The van der Waals surface area contributed by atoms with Crippen molar-refractivity contribution in [2.75, 3.05) is 7.11 Å². The van der Waals surface area contributed by atoms with Gasteiger partial charge in [-0.15, -0.1) is 0 Å². The Morgan fingerprint density at radius 1 is 1.44 bits per heavy atom. The molecule has 0 aliphatic carbocycles. The second-order valence-corrected chi connectivity index (χ2v) is 3.83. The molecule has 5 heteroatoms. The molecule has 0 unspecified atom stereocenters. The summed E-state index contributed by atoms with van der Waals surface area (Å²) in [6.45, 7) is 2.15. The second kappa shape index (κ2) is 5.35. The molecule has 0 saturated carbocycles. The van der Waals surface area contributed by atoms with Crippen LogP contribution in [0.3, 0.4) is 0 Å². The van der Waals surface area contributed by atoms with Gasteiger partial charge in [-0.25, -0.2) is 0 Å². The van der Waals surface area contributed by atoms with Crippen LogP contribution in [-0.2, 0) is 6.54 Å². The number of rotatable bonds is 4. The van der Waals surface area contributed by atoms with Crippen LogP contribution in [0, 0.1) is 6.92 Å². The molecule has 0 bridgehead atoms. The molecule has 1 heterocycles. The summed E-state index contributed by atoms with van der Waals surface area (Å²) in [7, 11) is 1.60. The molecule has 1 aromatic heterocycles. The molecule has 0 radical (unpaired) electrons. The fourth-order valence-corrected chi connectivity index (χ4v) is 1.61. The lowest BCUT2D eigenvalue weighted by Gasteiger charge is -2.08. The first-order chi connectivity index (χ1) is 8.72. The Morgan fingerprint density at radius 3 is 2.89 bits per heavy atom. The van der Waals surface area contributed by atoms with Crippen LogP contribution in [0.15, 0.2) is 35.0 Å². The van der Waals surface area contributed by atoms with Crippen LogP contribution in [0.1, 0.15) is 21.7 Å². The third-order valence-corrected chi connectivity index (χ3v) is 2.59. The summed E-state index contributed by atoms with van der Waals surface area (Å²) in [5, 5.41) is 6.34. The largest absolute Gasteiger partial charge is 0.496 e. The number of nitrogens with one attached hydrogen (secondary N) is 1. The standard InChI is InChI=1S/C13H14N2O3/c1-9-7-15-18-12(9)13(16)14-8-10-5-3-4-6-11(10)17-2/h3-7H,8H2,1-2H3,(H,14,16). The fourth-order valence-electron chi connectivity index (χ4n) is 1.61. The van der Waals surface area contributed by atoms with E-state index in [1.165, 1.54) is 6.20 Å². The minimum absolute atomic E-state index is 0.241. The SMILES string of the molecule is COc1ccccc1CNC(=O)c1oncc1C. The van der Waals surface area contributed by atoms with Crippen LogP contribution in [0.5, 0.6) is 5.75 Å². The van der Waals surface area contributed by atoms with Crippen molar-refractivity contribution in [3.63, 3.8) is 0 Å². The molecule has 0 atom stereocenters. The van der Waals surface area contributed by atoms with Crippen LogP contribution < -0.4 is 10.1 Å². The Kier molecular flexibility index (Phi) is 3.62. The smallest absolute Gasteiger partial charge is 0.290 e. The Labute approximate surface area is 105 Å². The lowest BCUT2D eigenvalue weighted by molar-refractivity contribution is 0.0913. The van der Waals surface area contributed by atoms with Gasteiger partial charge in [-0.1, -0.05) is 23.4 Å². The molecule has 0 fully saturated rings. The fraction of sp³-hybridized carbons (Fsp3) is 0.231. The number of nitrogens with zero attached hydrogens (tertiary/aromatic N) is 1.